The number of benzene rings is 3. The molecule has 0 atom stereocenters. The highest BCUT2D eigenvalue weighted by molar-refractivity contribution is 6.31. The fourth-order valence-electron chi connectivity index (χ4n) is 3.94. The quantitative estimate of drug-likeness (QED) is 0.422. The maximum atomic E-state index is 13.3. The Labute approximate surface area is 202 Å². The van der Waals surface area contributed by atoms with E-state index in [0.717, 1.165) is 11.3 Å². The number of para-hydroxylation sites is 2. The topological polar surface area (TPSA) is 76.4 Å². The third kappa shape index (κ3) is 4.58. The van der Waals surface area contributed by atoms with Gasteiger partial charge in [-0.15, -0.1) is 0 Å². The Hall–Kier alpha value is -3.91. The number of hydrogen-bond donors (Lipinski definition) is 0. The standard InChI is InChI=1S/C25H23ClN6O2/c26-22-12-6-4-8-19(22)18-34-23-13-7-5-11-21(23)24(33)30-14-16-31(17-15-30)25-27-28-29-32(25)20-9-2-1-3-10-20/h1-13H,14-18H2. The van der Waals surface area contributed by atoms with Gasteiger partial charge in [0, 0.05) is 36.8 Å². The van der Waals surface area contributed by atoms with E-state index in [2.05, 4.69) is 20.4 Å². The number of rotatable bonds is 6. The third-order valence-corrected chi connectivity index (χ3v) is 6.13. The van der Waals surface area contributed by atoms with E-state index in [1.54, 1.807) is 10.7 Å². The SMILES string of the molecule is O=C(c1ccccc1OCc1ccccc1Cl)N1CCN(c2nnnn2-c2ccccc2)CC1. The molecule has 0 aliphatic carbocycles. The number of halogens is 1. The molecule has 0 radical (unpaired) electrons. The summed E-state index contributed by atoms with van der Waals surface area (Å²) in [5.74, 6) is 1.15. The second-order valence-electron chi connectivity index (χ2n) is 7.88. The molecule has 172 valence electrons. The molecule has 0 bridgehead atoms. The molecule has 1 saturated heterocycles. The second-order valence-corrected chi connectivity index (χ2v) is 8.29. The van der Waals surface area contributed by atoms with Crippen LogP contribution in [0.25, 0.3) is 5.69 Å². The lowest BCUT2D eigenvalue weighted by molar-refractivity contribution is 0.0741. The van der Waals surface area contributed by atoms with Crippen LogP contribution in [0.3, 0.4) is 0 Å². The average molecular weight is 475 g/mol. The number of anilines is 1. The minimum absolute atomic E-state index is 0.0583. The maximum absolute atomic E-state index is 13.3. The number of aromatic nitrogens is 4. The number of amides is 1. The lowest BCUT2D eigenvalue weighted by Gasteiger charge is -2.35. The molecule has 1 amide bonds. The van der Waals surface area contributed by atoms with E-state index in [9.17, 15) is 4.79 Å². The van der Waals surface area contributed by atoms with Crippen molar-refractivity contribution in [3.8, 4) is 11.4 Å². The van der Waals surface area contributed by atoms with Crippen molar-refractivity contribution in [3.05, 3.63) is 95.0 Å². The normalized spacial score (nSPS) is 13.7. The predicted molar refractivity (Wildman–Crippen MR) is 129 cm³/mol. The molecule has 34 heavy (non-hydrogen) atoms. The van der Waals surface area contributed by atoms with Gasteiger partial charge in [0.15, 0.2) is 0 Å². The number of carbonyl (C=O) groups is 1. The Kier molecular flexibility index (Phi) is 6.40. The molecule has 1 fully saturated rings. The summed E-state index contributed by atoms with van der Waals surface area (Å²) in [5, 5.41) is 12.8. The number of ether oxygens (including phenoxy) is 1. The molecule has 2 heterocycles. The fourth-order valence-corrected chi connectivity index (χ4v) is 4.13. The first-order valence-electron chi connectivity index (χ1n) is 11.0. The molecule has 0 spiro atoms. The highest BCUT2D eigenvalue weighted by Crippen LogP contribution is 2.24. The molecule has 4 aromatic rings. The summed E-state index contributed by atoms with van der Waals surface area (Å²) in [7, 11) is 0. The van der Waals surface area contributed by atoms with Gasteiger partial charge in [0.25, 0.3) is 5.91 Å². The molecule has 9 heteroatoms. The molecular weight excluding hydrogens is 452 g/mol. The van der Waals surface area contributed by atoms with Crippen molar-refractivity contribution in [2.45, 2.75) is 6.61 Å². The minimum atomic E-state index is -0.0583. The molecule has 5 rings (SSSR count). The Morgan fingerprint density at radius 1 is 0.882 bits per heavy atom. The van der Waals surface area contributed by atoms with Gasteiger partial charge in [-0.2, -0.15) is 4.68 Å². The van der Waals surface area contributed by atoms with Gasteiger partial charge in [-0.1, -0.05) is 65.2 Å². The van der Waals surface area contributed by atoms with E-state index in [0.29, 0.717) is 55.1 Å². The van der Waals surface area contributed by atoms with Crippen LogP contribution >= 0.6 is 11.6 Å². The summed E-state index contributed by atoms with van der Waals surface area (Å²) in [6.45, 7) is 2.65. The summed E-state index contributed by atoms with van der Waals surface area (Å²) >= 11 is 6.25. The lowest BCUT2D eigenvalue weighted by Crippen LogP contribution is -2.49. The minimum Gasteiger partial charge on any atom is -0.488 e. The Morgan fingerprint density at radius 2 is 1.59 bits per heavy atom. The number of carbonyl (C=O) groups excluding carboxylic acids is 1. The first-order valence-corrected chi connectivity index (χ1v) is 11.4. The molecule has 1 aromatic heterocycles. The highest BCUT2D eigenvalue weighted by Gasteiger charge is 2.27. The summed E-state index contributed by atoms with van der Waals surface area (Å²) in [6, 6.07) is 24.6. The van der Waals surface area contributed by atoms with Crippen molar-refractivity contribution in [3.63, 3.8) is 0 Å². The van der Waals surface area contributed by atoms with Crippen LogP contribution in [0.15, 0.2) is 78.9 Å². The van der Waals surface area contributed by atoms with Gasteiger partial charge in [-0.05, 0) is 40.8 Å². The van der Waals surface area contributed by atoms with Crippen LogP contribution in [0.2, 0.25) is 5.02 Å². The van der Waals surface area contributed by atoms with E-state index < -0.39 is 0 Å². The summed E-state index contributed by atoms with van der Waals surface area (Å²) in [4.78, 5) is 17.3. The largest absolute Gasteiger partial charge is 0.488 e. The molecule has 1 aliphatic heterocycles. The van der Waals surface area contributed by atoms with Crippen molar-refractivity contribution in [1.82, 2.24) is 25.1 Å². The predicted octanol–water partition coefficient (Wildman–Crippen LogP) is 3.86. The third-order valence-electron chi connectivity index (χ3n) is 5.76. The number of piperazine rings is 1. The van der Waals surface area contributed by atoms with E-state index in [4.69, 9.17) is 16.3 Å². The molecule has 3 aromatic carbocycles. The molecule has 0 unspecified atom stereocenters. The zero-order valence-electron chi connectivity index (χ0n) is 18.4. The maximum Gasteiger partial charge on any atom is 0.257 e. The van der Waals surface area contributed by atoms with Crippen molar-refractivity contribution < 1.29 is 9.53 Å². The Bertz CT molecular complexity index is 1270. The fraction of sp³-hybridized carbons (Fsp3) is 0.200. The van der Waals surface area contributed by atoms with Crippen LogP contribution in [-0.4, -0.2) is 57.2 Å². The van der Waals surface area contributed by atoms with Crippen LogP contribution in [0.4, 0.5) is 5.95 Å². The monoisotopic (exact) mass is 474 g/mol. The van der Waals surface area contributed by atoms with Crippen molar-refractivity contribution >= 4 is 23.5 Å². The van der Waals surface area contributed by atoms with E-state index in [1.807, 2.05) is 77.7 Å². The van der Waals surface area contributed by atoms with Crippen LogP contribution in [0, 0.1) is 0 Å². The first-order chi connectivity index (χ1) is 16.7. The Morgan fingerprint density at radius 3 is 2.38 bits per heavy atom. The van der Waals surface area contributed by atoms with Crippen LogP contribution < -0.4 is 9.64 Å². The van der Waals surface area contributed by atoms with E-state index in [1.165, 1.54) is 0 Å². The van der Waals surface area contributed by atoms with E-state index in [-0.39, 0.29) is 5.91 Å². The number of hydrogen-bond acceptors (Lipinski definition) is 6. The molecule has 0 N–H and O–H groups in total. The van der Waals surface area contributed by atoms with Crippen LogP contribution in [-0.2, 0) is 6.61 Å². The molecular formula is C25H23ClN6O2. The van der Waals surface area contributed by atoms with Crippen molar-refractivity contribution in [1.29, 1.82) is 0 Å². The van der Waals surface area contributed by atoms with Gasteiger partial charge in [0.2, 0.25) is 5.95 Å². The lowest BCUT2D eigenvalue weighted by atomic mass is 10.1. The average Bonchev–Trinajstić information content (AvgIpc) is 3.39. The van der Waals surface area contributed by atoms with Gasteiger partial charge in [-0.3, -0.25) is 4.79 Å². The van der Waals surface area contributed by atoms with Gasteiger partial charge in [0.1, 0.15) is 12.4 Å². The summed E-state index contributed by atoms with van der Waals surface area (Å²) < 4.78 is 7.71. The van der Waals surface area contributed by atoms with Crippen molar-refractivity contribution in [2.24, 2.45) is 0 Å². The number of nitrogens with zero attached hydrogens (tertiary/aromatic N) is 6. The van der Waals surface area contributed by atoms with Crippen LogP contribution in [0.5, 0.6) is 5.75 Å². The van der Waals surface area contributed by atoms with Crippen molar-refractivity contribution in [2.75, 3.05) is 31.1 Å². The summed E-state index contributed by atoms with van der Waals surface area (Å²) in [5.41, 5.74) is 2.30. The van der Waals surface area contributed by atoms with Gasteiger partial charge in [0.05, 0.1) is 11.3 Å². The second kappa shape index (κ2) is 9.93. The zero-order chi connectivity index (χ0) is 23.3. The van der Waals surface area contributed by atoms with Gasteiger partial charge >= 0.3 is 0 Å². The zero-order valence-corrected chi connectivity index (χ0v) is 19.2. The molecule has 1 aliphatic rings. The van der Waals surface area contributed by atoms with Gasteiger partial charge < -0.3 is 14.5 Å². The Balaban J connectivity index is 1.26. The van der Waals surface area contributed by atoms with Crippen LogP contribution in [0.1, 0.15) is 15.9 Å². The molecule has 0 saturated carbocycles. The van der Waals surface area contributed by atoms with E-state index >= 15 is 0 Å². The highest BCUT2D eigenvalue weighted by atomic mass is 35.5. The van der Waals surface area contributed by atoms with Gasteiger partial charge in [-0.25, -0.2) is 0 Å². The smallest absolute Gasteiger partial charge is 0.257 e. The number of tetrazole rings is 1. The first kappa shape index (κ1) is 21.9. The molecule has 8 nitrogen and oxygen atoms in total. The summed E-state index contributed by atoms with van der Waals surface area (Å²) in [6.07, 6.45) is 0.